The van der Waals surface area contributed by atoms with Crippen LogP contribution in [0, 0.1) is 11.8 Å². The smallest absolute Gasteiger partial charge is 0.309 e. The maximum Gasteiger partial charge on any atom is 0.309 e. The SMILES string of the molecule is C[C@@H]1C/C=C\C[C@H](C)C(=O)O[C@H](c2ccccc2)[C@@H](C)N(C)C1=O. The number of benzene rings is 1. The summed E-state index contributed by atoms with van der Waals surface area (Å²) in [5.41, 5.74) is 0.908. The van der Waals surface area contributed by atoms with Gasteiger partial charge in [-0.25, -0.2) is 0 Å². The second-order valence-electron chi connectivity index (χ2n) is 6.70. The fourth-order valence-corrected chi connectivity index (χ4v) is 2.88. The maximum atomic E-state index is 12.6. The molecule has 0 saturated carbocycles. The zero-order valence-electron chi connectivity index (χ0n) is 14.9. The first-order chi connectivity index (χ1) is 11.4. The monoisotopic (exact) mass is 329 g/mol. The first-order valence-electron chi connectivity index (χ1n) is 8.59. The molecule has 1 aromatic rings. The van der Waals surface area contributed by atoms with Crippen molar-refractivity contribution in [3.05, 3.63) is 48.0 Å². The van der Waals surface area contributed by atoms with Gasteiger partial charge in [-0.15, -0.1) is 0 Å². The van der Waals surface area contributed by atoms with Crippen molar-refractivity contribution in [3.63, 3.8) is 0 Å². The second kappa shape index (κ2) is 8.13. The Balaban J connectivity index is 2.36. The van der Waals surface area contributed by atoms with E-state index >= 15 is 0 Å². The van der Waals surface area contributed by atoms with Gasteiger partial charge in [0.25, 0.3) is 0 Å². The lowest BCUT2D eigenvalue weighted by Crippen LogP contribution is -2.43. The summed E-state index contributed by atoms with van der Waals surface area (Å²) in [4.78, 5) is 26.8. The van der Waals surface area contributed by atoms with Gasteiger partial charge in [-0.05, 0) is 25.3 Å². The molecule has 0 N–H and O–H groups in total. The number of rotatable bonds is 1. The molecule has 0 aromatic heterocycles. The van der Waals surface area contributed by atoms with Crippen LogP contribution < -0.4 is 0 Å². The molecule has 1 heterocycles. The standard InChI is InChI=1S/C20H27NO3/c1-14-10-8-9-11-15(2)20(23)24-18(16(3)21(4)19(14)22)17-12-6-5-7-13-17/h5-9,12-16,18H,10-11H2,1-4H3/b9-8-/t14-,15+,16-,18+/m1/s1. The predicted molar refractivity (Wildman–Crippen MR) is 94.2 cm³/mol. The van der Waals surface area contributed by atoms with Gasteiger partial charge < -0.3 is 9.64 Å². The average molecular weight is 329 g/mol. The van der Waals surface area contributed by atoms with E-state index < -0.39 is 6.10 Å². The number of ether oxygens (including phenoxy) is 1. The molecule has 2 rings (SSSR count). The highest BCUT2D eigenvalue weighted by molar-refractivity contribution is 5.79. The van der Waals surface area contributed by atoms with Crippen molar-refractivity contribution in [2.75, 3.05) is 7.05 Å². The molecule has 0 unspecified atom stereocenters. The highest BCUT2D eigenvalue weighted by atomic mass is 16.5. The Bertz CT molecular complexity index is 596. The second-order valence-corrected chi connectivity index (χ2v) is 6.70. The Kier molecular flexibility index (Phi) is 6.18. The van der Waals surface area contributed by atoms with Crippen LogP contribution in [0.4, 0.5) is 0 Å². The molecule has 0 aliphatic carbocycles. The van der Waals surface area contributed by atoms with Crippen molar-refractivity contribution in [2.45, 2.75) is 45.8 Å². The van der Waals surface area contributed by atoms with Gasteiger partial charge >= 0.3 is 5.97 Å². The topological polar surface area (TPSA) is 46.6 Å². The molecule has 0 fully saturated rings. The first kappa shape index (κ1) is 18.2. The van der Waals surface area contributed by atoms with Gasteiger partial charge in [-0.2, -0.15) is 0 Å². The van der Waals surface area contributed by atoms with Crippen LogP contribution in [0.3, 0.4) is 0 Å². The Morgan fingerprint density at radius 2 is 1.54 bits per heavy atom. The predicted octanol–water partition coefficient (Wildman–Crippen LogP) is 3.74. The summed E-state index contributed by atoms with van der Waals surface area (Å²) in [7, 11) is 1.78. The highest BCUT2D eigenvalue weighted by Gasteiger charge is 2.32. The molecule has 4 nitrogen and oxygen atoms in total. The third-order valence-electron chi connectivity index (χ3n) is 4.74. The van der Waals surface area contributed by atoms with Gasteiger partial charge in [0.05, 0.1) is 12.0 Å². The summed E-state index contributed by atoms with van der Waals surface area (Å²) in [5.74, 6) is -0.446. The Morgan fingerprint density at radius 1 is 0.958 bits per heavy atom. The normalized spacial score (nSPS) is 30.9. The van der Waals surface area contributed by atoms with Gasteiger partial charge in [0, 0.05) is 13.0 Å². The molecule has 1 amide bonds. The van der Waals surface area contributed by atoms with Crippen LogP contribution in [0.2, 0.25) is 0 Å². The Labute approximate surface area is 144 Å². The van der Waals surface area contributed by atoms with Gasteiger partial charge in [-0.3, -0.25) is 9.59 Å². The molecule has 4 atom stereocenters. The molecule has 1 aliphatic rings. The number of likely N-dealkylation sites (N-methyl/N-ethyl adjacent to an activating group) is 1. The molecular weight excluding hydrogens is 302 g/mol. The number of cyclic esters (lactones) is 1. The van der Waals surface area contributed by atoms with E-state index in [9.17, 15) is 9.59 Å². The summed E-state index contributed by atoms with van der Waals surface area (Å²) in [6.07, 6.45) is 4.81. The molecule has 0 saturated heterocycles. The van der Waals surface area contributed by atoms with Crippen molar-refractivity contribution in [1.82, 2.24) is 4.90 Å². The van der Waals surface area contributed by atoms with Crippen molar-refractivity contribution < 1.29 is 14.3 Å². The number of nitrogens with zero attached hydrogens (tertiary/aromatic N) is 1. The third-order valence-corrected chi connectivity index (χ3v) is 4.74. The minimum absolute atomic E-state index is 0.0674. The van der Waals surface area contributed by atoms with Gasteiger partial charge in [0.1, 0.15) is 6.10 Å². The molecule has 0 spiro atoms. The molecule has 130 valence electrons. The highest BCUT2D eigenvalue weighted by Crippen LogP contribution is 2.28. The minimum Gasteiger partial charge on any atom is -0.455 e. The summed E-state index contributed by atoms with van der Waals surface area (Å²) in [6, 6.07) is 9.40. The summed E-state index contributed by atoms with van der Waals surface area (Å²) in [5, 5.41) is 0. The van der Waals surface area contributed by atoms with Crippen LogP contribution in [-0.2, 0) is 14.3 Å². The van der Waals surface area contributed by atoms with Crippen LogP contribution in [-0.4, -0.2) is 29.9 Å². The van der Waals surface area contributed by atoms with Crippen LogP contribution in [0.25, 0.3) is 0 Å². The van der Waals surface area contributed by atoms with E-state index in [4.69, 9.17) is 4.74 Å². The van der Waals surface area contributed by atoms with E-state index in [1.54, 1.807) is 11.9 Å². The van der Waals surface area contributed by atoms with E-state index in [0.717, 1.165) is 5.56 Å². The van der Waals surface area contributed by atoms with Crippen LogP contribution in [0.15, 0.2) is 42.5 Å². The lowest BCUT2D eigenvalue weighted by Gasteiger charge is -2.34. The number of esters is 1. The number of hydrogen-bond donors (Lipinski definition) is 0. The van der Waals surface area contributed by atoms with Gasteiger partial charge in [0.2, 0.25) is 5.91 Å². The van der Waals surface area contributed by atoms with E-state index in [2.05, 4.69) is 0 Å². The zero-order valence-corrected chi connectivity index (χ0v) is 14.9. The van der Waals surface area contributed by atoms with E-state index in [-0.39, 0.29) is 29.8 Å². The maximum absolute atomic E-state index is 12.6. The number of amides is 1. The fourth-order valence-electron chi connectivity index (χ4n) is 2.88. The van der Waals surface area contributed by atoms with Crippen LogP contribution in [0.1, 0.15) is 45.3 Å². The van der Waals surface area contributed by atoms with Crippen molar-refractivity contribution in [3.8, 4) is 0 Å². The lowest BCUT2D eigenvalue weighted by atomic mass is 9.98. The molecule has 4 heteroatoms. The van der Waals surface area contributed by atoms with Crippen molar-refractivity contribution in [1.29, 1.82) is 0 Å². The molecule has 0 radical (unpaired) electrons. The third kappa shape index (κ3) is 4.25. The number of carbonyl (C=O) groups excluding carboxylic acids is 2. The molecule has 1 aromatic carbocycles. The van der Waals surface area contributed by atoms with Crippen LogP contribution in [0.5, 0.6) is 0 Å². The molecule has 24 heavy (non-hydrogen) atoms. The molecule has 1 aliphatic heterocycles. The van der Waals surface area contributed by atoms with Crippen LogP contribution >= 0.6 is 0 Å². The van der Waals surface area contributed by atoms with E-state index in [0.29, 0.717) is 12.8 Å². The van der Waals surface area contributed by atoms with Gasteiger partial charge in [0.15, 0.2) is 0 Å². The minimum atomic E-state index is -0.467. The first-order valence-corrected chi connectivity index (χ1v) is 8.59. The van der Waals surface area contributed by atoms with E-state index in [1.807, 2.05) is 63.3 Å². The Morgan fingerprint density at radius 3 is 2.17 bits per heavy atom. The summed E-state index contributed by atoms with van der Waals surface area (Å²) < 4.78 is 5.82. The lowest BCUT2D eigenvalue weighted by molar-refractivity contribution is -0.160. The quantitative estimate of drug-likeness (QED) is 0.582. The number of carbonyl (C=O) groups is 2. The fraction of sp³-hybridized carbons (Fsp3) is 0.500. The summed E-state index contributed by atoms with van der Waals surface area (Å²) in [6.45, 7) is 5.75. The zero-order chi connectivity index (χ0) is 17.7. The largest absolute Gasteiger partial charge is 0.455 e. The number of hydrogen-bond acceptors (Lipinski definition) is 3. The summed E-state index contributed by atoms with van der Waals surface area (Å²) >= 11 is 0. The molecule has 0 bridgehead atoms. The van der Waals surface area contributed by atoms with Gasteiger partial charge in [-0.1, -0.05) is 56.3 Å². The number of allylic oxidation sites excluding steroid dienone is 2. The van der Waals surface area contributed by atoms with Crippen molar-refractivity contribution >= 4 is 11.9 Å². The molecular formula is C20H27NO3. The Hall–Kier alpha value is -2.10. The average Bonchev–Trinajstić information content (AvgIpc) is 2.60. The van der Waals surface area contributed by atoms with Crippen molar-refractivity contribution in [2.24, 2.45) is 11.8 Å². The van der Waals surface area contributed by atoms with E-state index in [1.165, 1.54) is 0 Å².